The maximum Gasteiger partial charge on any atom is 0.225 e. The van der Waals surface area contributed by atoms with Gasteiger partial charge in [-0.05, 0) is 43.1 Å². The van der Waals surface area contributed by atoms with Gasteiger partial charge in [-0.25, -0.2) is 4.98 Å². The van der Waals surface area contributed by atoms with Crippen molar-refractivity contribution >= 4 is 16.7 Å². The molecule has 1 aromatic carbocycles. The smallest absolute Gasteiger partial charge is 0.225 e. The summed E-state index contributed by atoms with van der Waals surface area (Å²) in [6, 6.07) is 8.36. The Bertz CT molecular complexity index is 962. The predicted octanol–water partition coefficient (Wildman–Crippen LogP) is 3.75. The van der Waals surface area contributed by atoms with Crippen molar-refractivity contribution in [2.45, 2.75) is 32.2 Å². The summed E-state index contributed by atoms with van der Waals surface area (Å²) in [6.45, 7) is 2.77. The summed E-state index contributed by atoms with van der Waals surface area (Å²) in [4.78, 5) is 23.2. The van der Waals surface area contributed by atoms with Gasteiger partial charge in [-0.3, -0.25) is 9.78 Å². The average Bonchev–Trinajstić information content (AvgIpc) is 3.47. The Morgan fingerprint density at radius 1 is 1.07 bits per heavy atom. The molecular formula is C22H24N4O. The minimum absolute atomic E-state index is 0.336. The summed E-state index contributed by atoms with van der Waals surface area (Å²) in [5, 5.41) is 2.32. The van der Waals surface area contributed by atoms with Crippen molar-refractivity contribution in [2.75, 3.05) is 13.1 Å². The highest BCUT2D eigenvalue weighted by molar-refractivity contribution is 5.94. The van der Waals surface area contributed by atoms with Gasteiger partial charge in [-0.15, -0.1) is 0 Å². The van der Waals surface area contributed by atoms with E-state index in [0.29, 0.717) is 17.7 Å². The molecule has 0 bridgehead atoms. The summed E-state index contributed by atoms with van der Waals surface area (Å²) in [5.74, 6) is 2.34. The zero-order valence-corrected chi connectivity index (χ0v) is 15.4. The zero-order valence-electron chi connectivity index (χ0n) is 15.4. The Labute approximate surface area is 159 Å². The van der Waals surface area contributed by atoms with Crippen LogP contribution in [0.25, 0.3) is 22.2 Å². The van der Waals surface area contributed by atoms with E-state index >= 15 is 0 Å². The Morgan fingerprint density at radius 3 is 2.74 bits per heavy atom. The molecule has 2 fully saturated rings. The lowest BCUT2D eigenvalue weighted by Gasteiger charge is -2.32. The number of carbonyl (C=O) groups excluding carboxylic acids is 1. The SMILES string of the molecule is O=C(C1CC1)N1CCC(Cn2ccnc2-c2cccc3cnccc23)CC1. The topological polar surface area (TPSA) is 51.0 Å². The average molecular weight is 360 g/mol. The largest absolute Gasteiger partial charge is 0.342 e. The number of benzene rings is 1. The van der Waals surface area contributed by atoms with E-state index in [4.69, 9.17) is 0 Å². The summed E-state index contributed by atoms with van der Waals surface area (Å²) in [5.41, 5.74) is 1.15. The second-order valence-electron chi connectivity index (χ2n) is 7.85. The standard InChI is InChI=1S/C22H24N4O/c27-22(17-4-5-17)25-11-7-16(8-12-25)15-26-13-10-24-21(26)20-3-1-2-18-14-23-9-6-19(18)20/h1-3,6,9-10,13-14,16-17H,4-5,7-8,11-12,15H2. The molecule has 0 unspecified atom stereocenters. The summed E-state index contributed by atoms with van der Waals surface area (Å²) < 4.78 is 2.28. The normalized spacial score (nSPS) is 18.1. The third-order valence-electron chi connectivity index (χ3n) is 5.94. The van der Waals surface area contributed by atoms with Crippen LogP contribution in [-0.4, -0.2) is 38.4 Å². The first kappa shape index (κ1) is 16.5. The number of fused-ring (bicyclic) bond motifs is 1. The molecule has 3 aromatic rings. The molecule has 1 aliphatic heterocycles. The number of likely N-dealkylation sites (tertiary alicyclic amines) is 1. The predicted molar refractivity (Wildman–Crippen MR) is 105 cm³/mol. The highest BCUT2D eigenvalue weighted by Gasteiger charge is 2.34. The van der Waals surface area contributed by atoms with E-state index in [2.05, 4.69) is 49.9 Å². The summed E-state index contributed by atoms with van der Waals surface area (Å²) in [7, 11) is 0. The van der Waals surface area contributed by atoms with Gasteiger partial charge < -0.3 is 9.47 Å². The number of aromatic nitrogens is 3. The molecule has 1 amide bonds. The number of pyridine rings is 1. The van der Waals surface area contributed by atoms with Crippen molar-refractivity contribution in [2.24, 2.45) is 11.8 Å². The number of nitrogens with zero attached hydrogens (tertiary/aromatic N) is 4. The fraction of sp³-hybridized carbons (Fsp3) is 0.409. The van der Waals surface area contributed by atoms with E-state index < -0.39 is 0 Å². The van der Waals surface area contributed by atoms with Crippen molar-refractivity contribution in [3.05, 3.63) is 49.1 Å². The van der Waals surface area contributed by atoms with Crippen LogP contribution in [0.2, 0.25) is 0 Å². The summed E-state index contributed by atoms with van der Waals surface area (Å²) in [6.07, 6.45) is 12.1. The van der Waals surface area contributed by atoms with Crippen LogP contribution in [0.15, 0.2) is 49.1 Å². The monoisotopic (exact) mass is 360 g/mol. The van der Waals surface area contributed by atoms with E-state index in [9.17, 15) is 4.79 Å². The molecule has 0 atom stereocenters. The van der Waals surface area contributed by atoms with Gasteiger partial charge in [0.1, 0.15) is 5.82 Å². The highest BCUT2D eigenvalue weighted by atomic mass is 16.2. The van der Waals surface area contributed by atoms with Gasteiger partial charge in [0.2, 0.25) is 5.91 Å². The van der Waals surface area contributed by atoms with Gasteiger partial charge in [0.05, 0.1) is 0 Å². The van der Waals surface area contributed by atoms with Crippen LogP contribution in [0.5, 0.6) is 0 Å². The van der Waals surface area contributed by atoms with Gasteiger partial charge in [-0.1, -0.05) is 18.2 Å². The first-order valence-corrected chi connectivity index (χ1v) is 9.92. The molecule has 0 radical (unpaired) electrons. The molecule has 1 aliphatic carbocycles. The van der Waals surface area contributed by atoms with Crippen LogP contribution < -0.4 is 0 Å². The quantitative estimate of drug-likeness (QED) is 0.712. The molecule has 5 rings (SSSR count). The van der Waals surface area contributed by atoms with E-state index in [-0.39, 0.29) is 0 Å². The number of carbonyl (C=O) groups is 1. The van der Waals surface area contributed by atoms with Crippen LogP contribution in [-0.2, 0) is 11.3 Å². The molecule has 5 heteroatoms. The fourth-order valence-electron chi connectivity index (χ4n) is 4.22. The molecule has 27 heavy (non-hydrogen) atoms. The van der Waals surface area contributed by atoms with Crippen molar-refractivity contribution in [1.29, 1.82) is 0 Å². The van der Waals surface area contributed by atoms with Gasteiger partial charge in [0, 0.05) is 61.3 Å². The highest BCUT2D eigenvalue weighted by Crippen LogP contribution is 2.33. The third kappa shape index (κ3) is 3.22. The first-order chi connectivity index (χ1) is 13.3. The van der Waals surface area contributed by atoms with Gasteiger partial charge in [0.25, 0.3) is 0 Å². The van der Waals surface area contributed by atoms with Gasteiger partial charge in [0.15, 0.2) is 0 Å². The van der Waals surface area contributed by atoms with Crippen molar-refractivity contribution in [3.8, 4) is 11.4 Å². The van der Waals surface area contributed by atoms with Crippen LogP contribution in [0.3, 0.4) is 0 Å². The molecule has 138 valence electrons. The fourth-order valence-corrected chi connectivity index (χ4v) is 4.22. The molecule has 3 heterocycles. The molecule has 5 nitrogen and oxygen atoms in total. The molecular weight excluding hydrogens is 336 g/mol. The molecule has 1 saturated carbocycles. The number of amides is 1. The van der Waals surface area contributed by atoms with Crippen molar-refractivity contribution in [3.63, 3.8) is 0 Å². The van der Waals surface area contributed by atoms with Gasteiger partial charge >= 0.3 is 0 Å². The third-order valence-corrected chi connectivity index (χ3v) is 5.94. The number of imidazole rings is 1. The van der Waals surface area contributed by atoms with E-state index in [1.165, 1.54) is 5.39 Å². The molecule has 1 saturated heterocycles. The Balaban J connectivity index is 1.33. The molecule has 2 aromatic heterocycles. The van der Waals surface area contributed by atoms with Crippen molar-refractivity contribution < 1.29 is 4.79 Å². The first-order valence-electron chi connectivity index (χ1n) is 9.92. The minimum Gasteiger partial charge on any atom is -0.342 e. The summed E-state index contributed by atoms with van der Waals surface area (Å²) >= 11 is 0. The number of hydrogen-bond donors (Lipinski definition) is 0. The molecule has 0 spiro atoms. The second-order valence-corrected chi connectivity index (χ2v) is 7.85. The van der Waals surface area contributed by atoms with Crippen LogP contribution in [0, 0.1) is 11.8 Å². The molecule has 2 aliphatic rings. The molecule has 0 N–H and O–H groups in total. The van der Waals surface area contributed by atoms with Crippen molar-refractivity contribution in [1.82, 2.24) is 19.4 Å². The lowest BCUT2D eigenvalue weighted by Crippen LogP contribution is -2.40. The zero-order chi connectivity index (χ0) is 18.2. The maximum atomic E-state index is 12.3. The maximum absolute atomic E-state index is 12.3. The lowest BCUT2D eigenvalue weighted by molar-refractivity contribution is -0.134. The minimum atomic E-state index is 0.336. The number of rotatable bonds is 4. The van der Waals surface area contributed by atoms with Gasteiger partial charge in [-0.2, -0.15) is 0 Å². The Morgan fingerprint density at radius 2 is 1.93 bits per heavy atom. The lowest BCUT2D eigenvalue weighted by atomic mass is 9.96. The van der Waals surface area contributed by atoms with E-state index in [1.807, 2.05) is 18.6 Å². The number of hydrogen-bond acceptors (Lipinski definition) is 3. The van der Waals surface area contributed by atoms with Crippen LogP contribution in [0.4, 0.5) is 0 Å². The van der Waals surface area contributed by atoms with Crippen LogP contribution in [0.1, 0.15) is 25.7 Å². The Hall–Kier alpha value is -2.69. The Kier molecular flexibility index (Phi) is 4.15. The van der Waals surface area contributed by atoms with Crippen LogP contribution >= 0.6 is 0 Å². The van der Waals surface area contributed by atoms with E-state index in [1.54, 1.807) is 0 Å². The number of piperidine rings is 1. The second kappa shape index (κ2) is 6.80. The van der Waals surface area contributed by atoms with E-state index in [0.717, 1.165) is 62.1 Å².